The van der Waals surface area contributed by atoms with Crippen molar-refractivity contribution < 1.29 is 14.6 Å². The molecule has 1 atom stereocenters. The number of ether oxygens (including phenoxy) is 2. The van der Waals surface area contributed by atoms with Gasteiger partial charge in [0.1, 0.15) is 24.2 Å². The number of halogens is 2. The molecule has 168 valence electrons. The highest BCUT2D eigenvalue weighted by Crippen LogP contribution is 2.17. The van der Waals surface area contributed by atoms with Crippen LogP contribution in [0.3, 0.4) is 0 Å². The highest BCUT2D eigenvalue weighted by molar-refractivity contribution is 6.30. The quantitative estimate of drug-likeness (QED) is 0.361. The van der Waals surface area contributed by atoms with Crippen molar-refractivity contribution in [3.05, 3.63) is 58.6 Å². The topological polar surface area (TPSA) is 77.8 Å². The summed E-state index contributed by atoms with van der Waals surface area (Å²) in [5, 5.41) is 23.2. The second kappa shape index (κ2) is 12.2. The number of likely N-dealkylation sites (tertiary alicyclic amines) is 1. The predicted molar refractivity (Wildman–Crippen MR) is 125 cm³/mol. The van der Waals surface area contributed by atoms with E-state index in [0.717, 1.165) is 31.7 Å². The summed E-state index contributed by atoms with van der Waals surface area (Å²) in [5.41, 5.74) is 0. The highest BCUT2D eigenvalue weighted by Gasteiger charge is 2.21. The van der Waals surface area contributed by atoms with E-state index in [4.69, 9.17) is 38.1 Å². The van der Waals surface area contributed by atoms with Crippen LogP contribution in [0.5, 0.6) is 11.5 Å². The molecule has 0 saturated carbocycles. The minimum Gasteiger partial charge on any atom is -0.493 e. The summed E-state index contributed by atoms with van der Waals surface area (Å²) < 4.78 is 11.3. The van der Waals surface area contributed by atoms with Crippen molar-refractivity contribution in [1.29, 1.82) is 5.41 Å². The van der Waals surface area contributed by atoms with Crippen LogP contribution in [0, 0.1) is 5.41 Å². The molecule has 0 aromatic heterocycles. The van der Waals surface area contributed by atoms with Crippen LogP contribution >= 0.6 is 23.2 Å². The van der Waals surface area contributed by atoms with E-state index in [-0.39, 0.29) is 6.61 Å². The molecule has 8 heteroatoms. The number of hydrogen-bond acceptors (Lipinski definition) is 5. The Morgan fingerprint density at radius 2 is 1.55 bits per heavy atom. The minimum atomic E-state index is -0.586. The number of rotatable bonds is 10. The second-order valence-corrected chi connectivity index (χ2v) is 8.46. The van der Waals surface area contributed by atoms with Crippen molar-refractivity contribution in [1.82, 2.24) is 10.2 Å². The smallest absolute Gasteiger partial charge is 0.119 e. The van der Waals surface area contributed by atoms with E-state index in [1.54, 1.807) is 36.4 Å². The Bertz CT molecular complexity index is 810. The molecule has 0 radical (unpaired) electrons. The van der Waals surface area contributed by atoms with Gasteiger partial charge in [-0.05, 0) is 61.4 Å². The summed E-state index contributed by atoms with van der Waals surface area (Å²) in [6.07, 6.45) is 1.86. The SMILES string of the molecule is N=C(CCOc1ccc(Cl)cc1)N1CCC(NCC(O)COc2ccc(Cl)cc2)CC1. The molecule has 0 amide bonds. The average molecular weight is 466 g/mol. The number of nitrogens with zero attached hydrogens (tertiary/aromatic N) is 1. The molecule has 1 aliphatic heterocycles. The molecule has 3 N–H and O–H groups in total. The van der Waals surface area contributed by atoms with Crippen LogP contribution in [-0.2, 0) is 0 Å². The van der Waals surface area contributed by atoms with Crippen molar-refractivity contribution >= 4 is 29.0 Å². The lowest BCUT2D eigenvalue weighted by molar-refractivity contribution is 0.101. The Hall–Kier alpha value is -1.99. The number of aliphatic hydroxyl groups excluding tert-OH is 1. The molecule has 1 aliphatic rings. The van der Waals surface area contributed by atoms with Crippen molar-refractivity contribution in [3.63, 3.8) is 0 Å². The molecule has 0 aliphatic carbocycles. The van der Waals surface area contributed by atoms with Crippen LogP contribution < -0.4 is 14.8 Å². The van der Waals surface area contributed by atoms with E-state index in [0.29, 0.717) is 47.2 Å². The van der Waals surface area contributed by atoms with Gasteiger partial charge in [0.15, 0.2) is 0 Å². The molecule has 1 unspecified atom stereocenters. The van der Waals surface area contributed by atoms with Crippen molar-refractivity contribution in [2.24, 2.45) is 0 Å². The third-order valence-corrected chi connectivity index (χ3v) is 5.70. The monoisotopic (exact) mass is 465 g/mol. The summed E-state index contributed by atoms with van der Waals surface area (Å²) >= 11 is 11.7. The number of aliphatic hydroxyl groups is 1. The lowest BCUT2D eigenvalue weighted by atomic mass is 10.0. The second-order valence-electron chi connectivity index (χ2n) is 7.59. The fourth-order valence-electron chi connectivity index (χ4n) is 3.39. The number of benzene rings is 2. The Morgan fingerprint density at radius 1 is 1.00 bits per heavy atom. The van der Waals surface area contributed by atoms with Crippen molar-refractivity contribution in [2.75, 3.05) is 32.8 Å². The normalized spacial score (nSPS) is 15.5. The standard InChI is InChI=1S/C23H29Cl2N3O3/c24-17-1-5-21(6-2-17)30-14-11-23(26)28-12-9-19(10-13-28)27-15-20(29)16-31-22-7-3-18(25)4-8-22/h1-8,19-20,26-27,29H,9-16H2. The van der Waals surface area contributed by atoms with Crippen LogP contribution in [0.25, 0.3) is 0 Å². The van der Waals surface area contributed by atoms with E-state index >= 15 is 0 Å². The van der Waals surface area contributed by atoms with Gasteiger partial charge in [-0.3, -0.25) is 5.41 Å². The Kier molecular flexibility index (Phi) is 9.28. The van der Waals surface area contributed by atoms with Crippen LogP contribution in [0.15, 0.2) is 48.5 Å². The van der Waals surface area contributed by atoms with Gasteiger partial charge in [0.2, 0.25) is 0 Å². The first-order valence-electron chi connectivity index (χ1n) is 10.5. The van der Waals surface area contributed by atoms with E-state index in [9.17, 15) is 5.11 Å². The molecule has 2 aromatic rings. The molecule has 2 aromatic carbocycles. The third-order valence-electron chi connectivity index (χ3n) is 5.20. The van der Waals surface area contributed by atoms with Gasteiger partial charge in [-0.1, -0.05) is 23.2 Å². The maximum Gasteiger partial charge on any atom is 0.119 e. The van der Waals surface area contributed by atoms with E-state index in [2.05, 4.69) is 10.2 Å². The van der Waals surface area contributed by atoms with Gasteiger partial charge >= 0.3 is 0 Å². The van der Waals surface area contributed by atoms with Crippen LogP contribution in [0.2, 0.25) is 10.0 Å². The molecule has 31 heavy (non-hydrogen) atoms. The first kappa shape index (κ1) is 23.7. The molecule has 0 bridgehead atoms. The number of hydrogen-bond donors (Lipinski definition) is 3. The molecular formula is C23H29Cl2N3O3. The molecule has 1 heterocycles. The zero-order valence-electron chi connectivity index (χ0n) is 17.4. The molecule has 1 saturated heterocycles. The van der Waals surface area contributed by atoms with Crippen LogP contribution in [0.4, 0.5) is 0 Å². The predicted octanol–water partition coefficient (Wildman–Crippen LogP) is 4.23. The Balaban J connectivity index is 1.27. The largest absolute Gasteiger partial charge is 0.493 e. The minimum absolute atomic E-state index is 0.228. The maximum atomic E-state index is 10.2. The van der Waals surface area contributed by atoms with Gasteiger partial charge in [0, 0.05) is 42.1 Å². The van der Waals surface area contributed by atoms with Gasteiger partial charge in [-0.25, -0.2) is 0 Å². The summed E-state index contributed by atoms with van der Waals surface area (Å²) in [4.78, 5) is 2.10. The lowest BCUT2D eigenvalue weighted by Gasteiger charge is -2.34. The summed E-state index contributed by atoms with van der Waals surface area (Å²) in [6.45, 7) is 2.83. The first-order valence-corrected chi connectivity index (χ1v) is 11.3. The molecule has 6 nitrogen and oxygen atoms in total. The van der Waals surface area contributed by atoms with Crippen LogP contribution in [0.1, 0.15) is 19.3 Å². The fourth-order valence-corrected chi connectivity index (χ4v) is 3.64. The van der Waals surface area contributed by atoms with Crippen molar-refractivity contribution in [3.8, 4) is 11.5 Å². The highest BCUT2D eigenvalue weighted by atomic mass is 35.5. The Morgan fingerprint density at radius 3 is 2.13 bits per heavy atom. The summed E-state index contributed by atoms with van der Waals surface area (Å²) in [7, 11) is 0. The zero-order valence-corrected chi connectivity index (χ0v) is 18.9. The number of nitrogens with one attached hydrogen (secondary N) is 2. The zero-order chi connectivity index (χ0) is 22.1. The molecular weight excluding hydrogens is 437 g/mol. The van der Waals surface area contributed by atoms with Gasteiger partial charge in [0.05, 0.1) is 12.4 Å². The number of amidine groups is 1. The van der Waals surface area contributed by atoms with E-state index in [1.165, 1.54) is 0 Å². The fraction of sp³-hybridized carbons (Fsp3) is 0.435. The molecule has 0 spiro atoms. The Labute approximate surface area is 193 Å². The first-order chi connectivity index (χ1) is 15.0. The summed E-state index contributed by atoms with van der Waals surface area (Å²) in [6, 6.07) is 14.7. The number of piperidine rings is 1. The van der Waals surface area contributed by atoms with E-state index < -0.39 is 6.10 Å². The van der Waals surface area contributed by atoms with Gasteiger partial charge in [-0.2, -0.15) is 0 Å². The summed E-state index contributed by atoms with van der Waals surface area (Å²) in [5.74, 6) is 2.05. The van der Waals surface area contributed by atoms with Gasteiger partial charge < -0.3 is 24.8 Å². The molecule has 3 rings (SSSR count). The van der Waals surface area contributed by atoms with Crippen LogP contribution in [-0.4, -0.2) is 60.8 Å². The third kappa shape index (κ3) is 8.22. The maximum absolute atomic E-state index is 10.2. The van der Waals surface area contributed by atoms with Crippen molar-refractivity contribution in [2.45, 2.75) is 31.4 Å². The van der Waals surface area contributed by atoms with Gasteiger partial charge in [-0.15, -0.1) is 0 Å². The lowest BCUT2D eigenvalue weighted by Crippen LogP contribution is -2.47. The molecule has 1 fully saturated rings. The van der Waals surface area contributed by atoms with E-state index in [1.807, 2.05) is 12.1 Å². The average Bonchev–Trinajstić information content (AvgIpc) is 2.79. The van der Waals surface area contributed by atoms with Gasteiger partial charge in [0.25, 0.3) is 0 Å².